The molecule has 4 heterocycles. The molecular formula is C44H56N6O4. The van der Waals surface area contributed by atoms with E-state index >= 15 is 0 Å². The van der Waals surface area contributed by atoms with Gasteiger partial charge in [-0.05, 0) is 92.3 Å². The normalized spacial score (nSPS) is 23.4. The molecule has 3 atom stereocenters. The molecule has 0 bridgehead atoms. The number of allylic oxidation sites excluding steroid dienone is 1. The Labute approximate surface area is 320 Å². The summed E-state index contributed by atoms with van der Waals surface area (Å²) in [5, 5.41) is 0. The van der Waals surface area contributed by atoms with Crippen LogP contribution in [-0.2, 0) is 19.1 Å². The van der Waals surface area contributed by atoms with E-state index < -0.39 is 5.92 Å². The summed E-state index contributed by atoms with van der Waals surface area (Å²) in [5.74, 6) is 0.554. The molecule has 4 aliphatic rings. The van der Waals surface area contributed by atoms with Crippen molar-refractivity contribution in [3.63, 3.8) is 0 Å². The van der Waals surface area contributed by atoms with Gasteiger partial charge >= 0.3 is 5.97 Å². The van der Waals surface area contributed by atoms with Gasteiger partial charge in [0.05, 0.1) is 37.5 Å². The lowest BCUT2D eigenvalue weighted by Crippen LogP contribution is -2.43. The van der Waals surface area contributed by atoms with E-state index in [9.17, 15) is 14.4 Å². The maximum Gasteiger partial charge on any atom is 0.306 e. The van der Waals surface area contributed by atoms with Crippen LogP contribution in [0.3, 0.4) is 0 Å². The van der Waals surface area contributed by atoms with E-state index in [-0.39, 0.29) is 36.3 Å². The molecule has 1 aromatic heterocycles. The fourth-order valence-corrected chi connectivity index (χ4v) is 9.26. The third-order valence-electron chi connectivity index (χ3n) is 12.4. The van der Waals surface area contributed by atoms with Crippen LogP contribution >= 0.6 is 0 Å². The first-order valence-corrected chi connectivity index (χ1v) is 20.2. The molecule has 54 heavy (non-hydrogen) atoms. The maximum atomic E-state index is 13.7. The van der Waals surface area contributed by atoms with Crippen LogP contribution in [0.1, 0.15) is 102 Å². The number of carbonyl (C=O) groups excluding carboxylic acids is 3. The SMILES string of the molecule is CCN(CC)C1CCC(C(=O)N2CCC[C@H]2c2ncc(-c3ccc(-c4ccc(C5=CN=C(C6CCCN6C(=O)[C@H](C)CC(=O)OC)C5)cc4)cc3)[nH]2)CC1. The molecule has 1 N–H and O–H groups in total. The average Bonchev–Trinajstić information content (AvgIpc) is 4.05. The number of carbonyl (C=O) groups is 3. The molecule has 0 spiro atoms. The van der Waals surface area contributed by atoms with E-state index in [4.69, 9.17) is 14.7 Å². The summed E-state index contributed by atoms with van der Waals surface area (Å²) in [7, 11) is 1.35. The van der Waals surface area contributed by atoms with Crippen LogP contribution in [0.4, 0.5) is 0 Å². The predicted molar refractivity (Wildman–Crippen MR) is 212 cm³/mol. The molecule has 286 valence electrons. The molecule has 10 heteroatoms. The first-order valence-electron chi connectivity index (χ1n) is 20.2. The molecule has 3 fully saturated rings. The quantitative estimate of drug-likeness (QED) is 0.191. The van der Waals surface area contributed by atoms with Gasteiger partial charge in [0, 0.05) is 49.3 Å². The first kappa shape index (κ1) is 37.7. The van der Waals surface area contributed by atoms with E-state index in [0.29, 0.717) is 24.9 Å². The molecule has 7 rings (SSSR count). The highest BCUT2D eigenvalue weighted by Gasteiger charge is 2.38. The number of nitrogens with one attached hydrogen (secondary N) is 1. The molecule has 2 aromatic carbocycles. The number of nitrogens with zero attached hydrogens (tertiary/aromatic N) is 5. The Balaban J connectivity index is 0.937. The maximum absolute atomic E-state index is 13.7. The Kier molecular flexibility index (Phi) is 11.8. The lowest BCUT2D eigenvalue weighted by atomic mass is 9.84. The van der Waals surface area contributed by atoms with Crippen molar-refractivity contribution >= 4 is 29.1 Å². The van der Waals surface area contributed by atoms with Crippen LogP contribution in [0.15, 0.2) is 65.9 Å². The third-order valence-corrected chi connectivity index (χ3v) is 12.4. The molecule has 3 aromatic rings. The fourth-order valence-electron chi connectivity index (χ4n) is 9.26. The van der Waals surface area contributed by atoms with Gasteiger partial charge in [-0.1, -0.05) is 69.3 Å². The number of rotatable bonds is 12. The second-order valence-corrected chi connectivity index (χ2v) is 15.6. The van der Waals surface area contributed by atoms with Crippen molar-refractivity contribution in [3.8, 4) is 22.4 Å². The number of aliphatic imine (C=N–C) groups is 1. The summed E-state index contributed by atoms with van der Waals surface area (Å²) < 4.78 is 4.78. The zero-order valence-electron chi connectivity index (χ0n) is 32.4. The number of benzene rings is 2. The predicted octanol–water partition coefficient (Wildman–Crippen LogP) is 7.68. The highest BCUT2D eigenvalue weighted by molar-refractivity contribution is 6.03. The summed E-state index contributed by atoms with van der Waals surface area (Å²) in [6, 6.07) is 17.8. The number of methoxy groups -OCH3 is 1. The third kappa shape index (κ3) is 7.95. The van der Waals surface area contributed by atoms with Gasteiger partial charge in [0.2, 0.25) is 11.8 Å². The number of H-pyrrole nitrogens is 1. The van der Waals surface area contributed by atoms with Gasteiger partial charge in [0.1, 0.15) is 5.82 Å². The smallest absolute Gasteiger partial charge is 0.306 e. The fraction of sp³-hybridized carbons (Fsp3) is 0.523. The highest BCUT2D eigenvalue weighted by Crippen LogP contribution is 2.37. The topological polar surface area (TPSA) is 111 Å². The molecule has 0 radical (unpaired) electrons. The summed E-state index contributed by atoms with van der Waals surface area (Å²) in [5.41, 5.74) is 7.59. The average molecular weight is 733 g/mol. The molecule has 10 nitrogen and oxygen atoms in total. The number of aromatic amines is 1. The zero-order valence-corrected chi connectivity index (χ0v) is 32.4. The number of hydrogen-bond donors (Lipinski definition) is 1. The van der Waals surface area contributed by atoms with Gasteiger partial charge in [-0.3, -0.25) is 19.4 Å². The second-order valence-electron chi connectivity index (χ2n) is 15.6. The van der Waals surface area contributed by atoms with Crippen LogP contribution in [0.2, 0.25) is 0 Å². The van der Waals surface area contributed by atoms with Gasteiger partial charge in [0.25, 0.3) is 0 Å². The zero-order chi connectivity index (χ0) is 37.8. The van der Waals surface area contributed by atoms with Crippen molar-refractivity contribution in [2.24, 2.45) is 16.8 Å². The van der Waals surface area contributed by atoms with Gasteiger partial charge in [-0.2, -0.15) is 0 Å². The van der Waals surface area contributed by atoms with Crippen LogP contribution in [0.25, 0.3) is 28.0 Å². The Morgan fingerprint density at radius 3 is 2.09 bits per heavy atom. The standard InChI is InChI=1S/C44H56N6O4/c1-5-48(6-2)36-21-19-34(20-22-36)44(53)50-24-8-10-40(50)42-46-28-38(47-42)33-17-15-31(16-18-33)30-11-13-32(14-12-30)35-26-37(45-27-35)39-9-7-23-49(39)43(52)29(3)25-41(51)54-4/h11-18,27-29,34,36,39-40H,5-10,19-26H2,1-4H3,(H,46,47)/t29-,34?,36?,39?,40+/m1/s1. The van der Waals surface area contributed by atoms with E-state index in [2.05, 4.69) is 77.2 Å². The van der Waals surface area contributed by atoms with E-state index in [0.717, 1.165) is 116 Å². The van der Waals surface area contributed by atoms with Crippen LogP contribution in [-0.4, -0.2) is 93.5 Å². The highest BCUT2D eigenvalue weighted by atomic mass is 16.5. The summed E-state index contributed by atoms with van der Waals surface area (Å²) in [6.45, 7) is 9.93. The number of amides is 2. The van der Waals surface area contributed by atoms with Gasteiger partial charge in [-0.15, -0.1) is 0 Å². The number of ether oxygens (including phenoxy) is 1. The van der Waals surface area contributed by atoms with Gasteiger partial charge < -0.3 is 24.4 Å². The number of hydrogen-bond acceptors (Lipinski definition) is 7. The number of likely N-dealkylation sites (tertiary alicyclic amines) is 2. The van der Waals surface area contributed by atoms with Crippen LogP contribution in [0, 0.1) is 11.8 Å². The van der Waals surface area contributed by atoms with Crippen molar-refractivity contribution in [2.45, 2.75) is 103 Å². The molecule has 1 aliphatic carbocycles. The minimum Gasteiger partial charge on any atom is -0.469 e. The minimum atomic E-state index is -0.413. The van der Waals surface area contributed by atoms with Gasteiger partial charge in [-0.25, -0.2) is 4.98 Å². The number of aromatic nitrogens is 2. The van der Waals surface area contributed by atoms with E-state index in [1.165, 1.54) is 7.11 Å². The lowest BCUT2D eigenvalue weighted by Gasteiger charge is -2.37. The molecule has 2 amide bonds. The van der Waals surface area contributed by atoms with E-state index in [1.807, 2.05) is 17.3 Å². The van der Waals surface area contributed by atoms with E-state index in [1.54, 1.807) is 6.92 Å². The minimum absolute atomic E-state index is 0.00604. The van der Waals surface area contributed by atoms with Crippen LogP contribution < -0.4 is 0 Å². The van der Waals surface area contributed by atoms with Crippen molar-refractivity contribution in [1.82, 2.24) is 24.7 Å². The van der Waals surface area contributed by atoms with Gasteiger partial charge in [0.15, 0.2) is 0 Å². The summed E-state index contributed by atoms with van der Waals surface area (Å²) in [4.78, 5) is 58.4. The molecule has 1 saturated carbocycles. The Bertz CT molecular complexity index is 1850. The number of imidazole rings is 1. The Morgan fingerprint density at radius 2 is 1.44 bits per heavy atom. The molecule has 2 saturated heterocycles. The van der Waals surface area contributed by atoms with Crippen molar-refractivity contribution < 1.29 is 19.1 Å². The summed E-state index contributed by atoms with van der Waals surface area (Å²) in [6.07, 6.45) is 12.6. The van der Waals surface area contributed by atoms with Crippen LogP contribution in [0.5, 0.6) is 0 Å². The largest absolute Gasteiger partial charge is 0.469 e. The van der Waals surface area contributed by atoms with Crippen molar-refractivity contribution in [3.05, 3.63) is 72.3 Å². The van der Waals surface area contributed by atoms with Crippen molar-refractivity contribution in [2.75, 3.05) is 33.3 Å². The monoisotopic (exact) mass is 732 g/mol. The van der Waals surface area contributed by atoms with Crippen molar-refractivity contribution in [1.29, 1.82) is 0 Å². The number of esters is 1. The first-order chi connectivity index (χ1) is 26.3. The summed E-state index contributed by atoms with van der Waals surface area (Å²) >= 11 is 0. The molecular weight excluding hydrogens is 677 g/mol. The Hall–Kier alpha value is -4.57. The second kappa shape index (κ2) is 16.8. The lowest BCUT2D eigenvalue weighted by molar-refractivity contribution is -0.146. The molecule has 3 aliphatic heterocycles. The molecule has 1 unspecified atom stereocenters. The Morgan fingerprint density at radius 1 is 0.833 bits per heavy atom.